The molecule has 0 saturated carbocycles. The summed E-state index contributed by atoms with van der Waals surface area (Å²) in [4.78, 5) is 11.8. The van der Waals surface area contributed by atoms with Gasteiger partial charge in [-0.3, -0.25) is 4.79 Å². The monoisotopic (exact) mass is 289 g/mol. The molecule has 0 aromatic carbocycles. The van der Waals surface area contributed by atoms with Crippen molar-refractivity contribution in [2.75, 3.05) is 23.9 Å². The first-order valence-electron chi connectivity index (χ1n) is 6.19. The van der Waals surface area contributed by atoms with Gasteiger partial charge >= 0.3 is 0 Å². The number of thioether (sulfide) groups is 1. The second kappa shape index (κ2) is 8.43. The second-order valence-electron chi connectivity index (χ2n) is 4.03. The van der Waals surface area contributed by atoms with E-state index < -0.39 is 0 Å². The lowest BCUT2D eigenvalue weighted by Crippen LogP contribution is -2.24. The van der Waals surface area contributed by atoms with Crippen molar-refractivity contribution in [3.8, 4) is 0 Å². The summed E-state index contributed by atoms with van der Waals surface area (Å²) in [6.45, 7) is 3.42. The Hall–Kier alpha value is -0.680. The molecule has 1 heterocycles. The van der Waals surface area contributed by atoms with Crippen LogP contribution in [0, 0.1) is 0 Å². The largest absolute Gasteiger partial charge is 0.382 e. The van der Waals surface area contributed by atoms with Crippen LogP contribution in [-0.2, 0) is 6.54 Å². The first-order chi connectivity index (χ1) is 8.70. The van der Waals surface area contributed by atoms with Gasteiger partial charge in [0, 0.05) is 13.1 Å². The summed E-state index contributed by atoms with van der Waals surface area (Å²) in [7, 11) is 0. The smallest absolute Gasteiger partial charge is 0.287 e. The van der Waals surface area contributed by atoms with Gasteiger partial charge in [0.2, 0.25) is 0 Å². The maximum absolute atomic E-state index is 11.8. The van der Waals surface area contributed by atoms with Crippen molar-refractivity contribution in [2.45, 2.75) is 32.7 Å². The second-order valence-corrected chi connectivity index (χ2v) is 5.39. The van der Waals surface area contributed by atoms with Gasteiger partial charge in [0.1, 0.15) is 5.02 Å². The number of halogens is 1. The van der Waals surface area contributed by atoms with Crippen LogP contribution in [0.4, 0.5) is 5.69 Å². The predicted molar refractivity (Wildman–Crippen MR) is 79.9 cm³/mol. The summed E-state index contributed by atoms with van der Waals surface area (Å²) >= 11 is 7.88. The third kappa shape index (κ3) is 4.53. The minimum Gasteiger partial charge on any atom is -0.382 e. The number of hydrogen-bond acceptors (Lipinski definition) is 4. The fourth-order valence-corrected chi connectivity index (χ4v) is 2.26. The highest BCUT2D eigenvalue weighted by Gasteiger charge is 2.07. The van der Waals surface area contributed by atoms with Gasteiger partial charge < -0.3 is 5.32 Å². The Morgan fingerprint density at radius 3 is 2.94 bits per heavy atom. The predicted octanol–water partition coefficient (Wildman–Crippen LogP) is 2.86. The highest BCUT2D eigenvalue weighted by molar-refractivity contribution is 7.98. The molecule has 0 atom stereocenters. The molecule has 0 radical (unpaired) electrons. The molecule has 0 fully saturated rings. The molecule has 0 saturated heterocycles. The van der Waals surface area contributed by atoms with E-state index in [0.717, 1.165) is 31.6 Å². The zero-order valence-electron chi connectivity index (χ0n) is 10.9. The van der Waals surface area contributed by atoms with Crippen molar-refractivity contribution in [1.82, 2.24) is 9.78 Å². The highest BCUT2D eigenvalue weighted by Crippen LogP contribution is 2.15. The normalized spacial score (nSPS) is 10.6. The summed E-state index contributed by atoms with van der Waals surface area (Å²) in [5, 5.41) is 7.50. The van der Waals surface area contributed by atoms with E-state index in [1.807, 2.05) is 18.7 Å². The molecule has 6 heteroatoms. The van der Waals surface area contributed by atoms with Gasteiger partial charge in [-0.1, -0.05) is 18.5 Å². The van der Waals surface area contributed by atoms with Gasteiger partial charge in [0.05, 0.1) is 11.9 Å². The average Bonchev–Trinajstić information content (AvgIpc) is 2.37. The van der Waals surface area contributed by atoms with Crippen LogP contribution in [0.2, 0.25) is 5.02 Å². The molecule has 18 heavy (non-hydrogen) atoms. The van der Waals surface area contributed by atoms with E-state index in [4.69, 9.17) is 11.6 Å². The Bertz CT molecular complexity index is 422. The fraction of sp³-hybridized carbons (Fsp3) is 0.667. The number of nitrogens with zero attached hydrogens (tertiary/aromatic N) is 2. The topological polar surface area (TPSA) is 46.9 Å². The molecule has 1 rings (SSSR count). The van der Waals surface area contributed by atoms with E-state index >= 15 is 0 Å². The Morgan fingerprint density at radius 1 is 1.50 bits per heavy atom. The van der Waals surface area contributed by atoms with Gasteiger partial charge in [0.25, 0.3) is 5.56 Å². The molecule has 0 aliphatic rings. The molecule has 0 aliphatic carbocycles. The van der Waals surface area contributed by atoms with Crippen molar-refractivity contribution in [3.05, 3.63) is 21.6 Å². The lowest BCUT2D eigenvalue weighted by Gasteiger charge is -2.09. The van der Waals surface area contributed by atoms with Crippen molar-refractivity contribution in [1.29, 1.82) is 0 Å². The number of unbranched alkanes of at least 4 members (excludes halogenated alkanes) is 1. The Balaban J connectivity index is 2.57. The first-order valence-corrected chi connectivity index (χ1v) is 7.96. The van der Waals surface area contributed by atoms with Gasteiger partial charge in [-0.25, -0.2) is 4.68 Å². The molecule has 1 aromatic heterocycles. The maximum Gasteiger partial charge on any atom is 0.287 e. The number of rotatable bonds is 8. The van der Waals surface area contributed by atoms with Crippen LogP contribution in [0.25, 0.3) is 0 Å². The summed E-state index contributed by atoms with van der Waals surface area (Å²) in [6, 6.07) is 0. The molecule has 4 nitrogen and oxygen atoms in total. The molecular weight excluding hydrogens is 270 g/mol. The molecular formula is C12H20ClN3OS. The Morgan fingerprint density at radius 2 is 2.28 bits per heavy atom. The standard InChI is InChI=1S/C12H20ClN3OS/c1-3-7-16-12(17)11(13)10(9-15-16)14-6-4-5-8-18-2/h9,14H,3-8H2,1-2H3. The summed E-state index contributed by atoms with van der Waals surface area (Å²) in [5.74, 6) is 1.16. The Labute approximate surface area is 117 Å². The van der Waals surface area contributed by atoms with Crippen LogP contribution in [0.1, 0.15) is 26.2 Å². The molecule has 0 amide bonds. The van der Waals surface area contributed by atoms with Crippen LogP contribution in [-0.4, -0.2) is 28.3 Å². The van der Waals surface area contributed by atoms with E-state index in [1.165, 1.54) is 4.68 Å². The molecule has 1 N–H and O–H groups in total. The van der Waals surface area contributed by atoms with Gasteiger partial charge in [-0.15, -0.1) is 0 Å². The van der Waals surface area contributed by atoms with Gasteiger partial charge in [-0.05, 0) is 31.3 Å². The fourth-order valence-electron chi connectivity index (χ4n) is 1.55. The molecule has 1 aromatic rings. The molecule has 0 unspecified atom stereocenters. The molecule has 0 spiro atoms. The van der Waals surface area contributed by atoms with E-state index in [0.29, 0.717) is 12.2 Å². The number of hydrogen-bond donors (Lipinski definition) is 1. The molecule has 0 aliphatic heterocycles. The quantitative estimate of drug-likeness (QED) is 0.748. The van der Waals surface area contributed by atoms with Gasteiger partial charge in [-0.2, -0.15) is 16.9 Å². The van der Waals surface area contributed by atoms with Crippen LogP contribution < -0.4 is 10.9 Å². The Kier molecular flexibility index (Phi) is 7.20. The third-order valence-electron chi connectivity index (χ3n) is 2.51. The third-order valence-corrected chi connectivity index (χ3v) is 3.57. The number of anilines is 1. The number of aryl methyl sites for hydroxylation is 1. The van der Waals surface area contributed by atoms with Crippen LogP contribution in [0.3, 0.4) is 0 Å². The van der Waals surface area contributed by atoms with Crippen molar-refractivity contribution in [3.63, 3.8) is 0 Å². The van der Waals surface area contributed by atoms with Crippen LogP contribution in [0.15, 0.2) is 11.0 Å². The zero-order chi connectivity index (χ0) is 13.4. The van der Waals surface area contributed by atoms with Crippen molar-refractivity contribution >= 4 is 29.1 Å². The van der Waals surface area contributed by atoms with Crippen LogP contribution in [0.5, 0.6) is 0 Å². The maximum atomic E-state index is 11.8. The van der Waals surface area contributed by atoms with E-state index in [9.17, 15) is 4.79 Å². The lowest BCUT2D eigenvalue weighted by molar-refractivity contribution is 0.568. The summed E-state index contributed by atoms with van der Waals surface area (Å²) < 4.78 is 1.40. The van der Waals surface area contributed by atoms with Gasteiger partial charge in [0.15, 0.2) is 0 Å². The SMILES string of the molecule is CCCn1ncc(NCCCCSC)c(Cl)c1=O. The van der Waals surface area contributed by atoms with E-state index in [1.54, 1.807) is 6.20 Å². The van der Waals surface area contributed by atoms with Crippen molar-refractivity contribution in [2.24, 2.45) is 0 Å². The van der Waals surface area contributed by atoms with E-state index in [2.05, 4.69) is 16.7 Å². The van der Waals surface area contributed by atoms with E-state index in [-0.39, 0.29) is 10.6 Å². The number of aromatic nitrogens is 2. The van der Waals surface area contributed by atoms with Crippen LogP contribution >= 0.6 is 23.4 Å². The molecule has 0 bridgehead atoms. The van der Waals surface area contributed by atoms with Crippen molar-refractivity contribution < 1.29 is 0 Å². The summed E-state index contributed by atoms with van der Waals surface area (Å²) in [6.07, 6.45) is 6.82. The minimum absolute atomic E-state index is 0.215. The lowest BCUT2D eigenvalue weighted by atomic mass is 10.3. The average molecular weight is 290 g/mol. The molecule has 102 valence electrons. The summed E-state index contributed by atoms with van der Waals surface area (Å²) in [5.41, 5.74) is 0.422. The zero-order valence-corrected chi connectivity index (χ0v) is 12.5. The minimum atomic E-state index is -0.215. The number of nitrogens with one attached hydrogen (secondary N) is 1. The first kappa shape index (κ1) is 15.4. The highest BCUT2D eigenvalue weighted by atomic mass is 35.5.